The Kier molecular flexibility index (Phi) is 7.52. The monoisotopic (exact) mass is 583 g/mol. The number of halogens is 3. The Hall–Kier alpha value is -4.13. The van der Waals surface area contributed by atoms with E-state index in [0.717, 1.165) is 69.4 Å². The Bertz CT molecular complexity index is 1410. The number of alkyl halides is 3. The molecular formula is C29H32F3N7O3. The average Bonchev–Trinajstić information content (AvgIpc) is 2.95. The highest BCUT2D eigenvalue weighted by molar-refractivity contribution is 5.73. The Morgan fingerprint density at radius 3 is 2.33 bits per heavy atom. The van der Waals surface area contributed by atoms with Crippen molar-refractivity contribution in [3.63, 3.8) is 0 Å². The maximum absolute atomic E-state index is 12.8. The first-order chi connectivity index (χ1) is 20.1. The lowest BCUT2D eigenvalue weighted by molar-refractivity contribution is -0.274. The van der Waals surface area contributed by atoms with Gasteiger partial charge in [-0.1, -0.05) is 0 Å². The number of rotatable bonds is 6. The van der Waals surface area contributed by atoms with Crippen molar-refractivity contribution in [3.8, 4) is 17.1 Å². The normalized spacial score (nSPS) is 18.5. The lowest BCUT2D eigenvalue weighted by atomic mass is 9.72. The van der Waals surface area contributed by atoms with Crippen molar-refractivity contribution in [2.75, 3.05) is 67.6 Å². The van der Waals surface area contributed by atoms with Gasteiger partial charge in [-0.15, -0.1) is 13.2 Å². The summed E-state index contributed by atoms with van der Waals surface area (Å²) in [6.07, 6.45) is -1.70. The molecule has 3 aliphatic rings. The first-order valence-electron chi connectivity index (χ1n) is 14.0. The minimum Gasteiger partial charge on any atom is -0.406 e. The molecule has 3 aromatic rings. The molecule has 10 nitrogen and oxygen atoms in total. The molecule has 3 saturated heterocycles. The minimum absolute atomic E-state index is 0.107. The molecule has 2 aromatic heterocycles. The molecule has 0 atom stereocenters. The fraction of sp³-hybridized carbons (Fsp3) is 0.448. The minimum atomic E-state index is -4.81. The number of morpholine rings is 1. The van der Waals surface area contributed by atoms with E-state index in [4.69, 9.17) is 9.72 Å². The van der Waals surface area contributed by atoms with Crippen LogP contribution in [0.1, 0.15) is 19.8 Å². The molecule has 1 spiro atoms. The van der Waals surface area contributed by atoms with Crippen LogP contribution < -0.4 is 19.9 Å². The molecule has 0 radical (unpaired) electrons. The van der Waals surface area contributed by atoms with Crippen LogP contribution in [0.3, 0.4) is 0 Å². The Labute approximate surface area is 241 Å². The van der Waals surface area contributed by atoms with Crippen LogP contribution in [0.2, 0.25) is 0 Å². The number of ether oxygens (including phenoxy) is 2. The number of aromatic nitrogens is 3. The molecule has 222 valence electrons. The number of nitrogens with one attached hydrogen (secondary N) is 1. The number of likely N-dealkylation sites (tertiary alicyclic amines) is 1. The summed E-state index contributed by atoms with van der Waals surface area (Å²) in [7, 11) is 0. The van der Waals surface area contributed by atoms with Crippen LogP contribution in [-0.2, 0) is 9.53 Å². The second-order valence-corrected chi connectivity index (χ2v) is 11.0. The van der Waals surface area contributed by atoms with E-state index in [1.165, 1.54) is 12.3 Å². The van der Waals surface area contributed by atoms with E-state index in [9.17, 15) is 18.0 Å². The second kappa shape index (κ2) is 11.3. The number of hydrogen-bond donors (Lipinski definition) is 1. The van der Waals surface area contributed by atoms with Gasteiger partial charge in [0, 0.05) is 81.2 Å². The highest BCUT2D eigenvalue weighted by atomic mass is 19.4. The third-order valence-electron chi connectivity index (χ3n) is 8.08. The van der Waals surface area contributed by atoms with Gasteiger partial charge in [-0.25, -0.2) is 15.0 Å². The van der Waals surface area contributed by atoms with Crippen molar-refractivity contribution < 1.29 is 27.4 Å². The van der Waals surface area contributed by atoms with E-state index in [-0.39, 0.29) is 22.9 Å². The zero-order valence-electron chi connectivity index (χ0n) is 23.2. The third-order valence-corrected chi connectivity index (χ3v) is 8.08. The van der Waals surface area contributed by atoms with Crippen LogP contribution in [0, 0.1) is 5.41 Å². The summed E-state index contributed by atoms with van der Waals surface area (Å²) in [5.74, 6) is 1.48. The quantitative estimate of drug-likeness (QED) is 0.451. The summed E-state index contributed by atoms with van der Waals surface area (Å²) >= 11 is 0. The van der Waals surface area contributed by atoms with Crippen LogP contribution >= 0.6 is 0 Å². The Balaban J connectivity index is 1.25. The number of amides is 1. The van der Waals surface area contributed by atoms with Crippen LogP contribution in [-0.4, -0.2) is 84.6 Å². The Morgan fingerprint density at radius 2 is 1.67 bits per heavy atom. The molecule has 0 aliphatic carbocycles. The van der Waals surface area contributed by atoms with E-state index in [1.54, 1.807) is 13.0 Å². The fourth-order valence-corrected chi connectivity index (χ4v) is 5.78. The maximum atomic E-state index is 12.8. The summed E-state index contributed by atoms with van der Waals surface area (Å²) in [6.45, 7) is 7.75. The molecule has 1 N–H and O–H groups in total. The highest BCUT2D eigenvalue weighted by Gasteiger charge is 2.45. The van der Waals surface area contributed by atoms with Gasteiger partial charge in [0.1, 0.15) is 23.2 Å². The summed E-state index contributed by atoms with van der Waals surface area (Å²) in [5, 5.41) is 3.03. The predicted molar refractivity (Wildman–Crippen MR) is 151 cm³/mol. The van der Waals surface area contributed by atoms with Gasteiger partial charge in [-0.2, -0.15) is 0 Å². The lowest BCUT2D eigenvalue weighted by Crippen LogP contribution is -2.61. The zero-order chi connectivity index (χ0) is 29.3. The van der Waals surface area contributed by atoms with Crippen molar-refractivity contribution in [3.05, 3.63) is 48.7 Å². The van der Waals surface area contributed by atoms with Gasteiger partial charge in [0.2, 0.25) is 5.91 Å². The van der Waals surface area contributed by atoms with Crippen molar-refractivity contribution in [2.24, 2.45) is 5.41 Å². The van der Waals surface area contributed by atoms with E-state index < -0.39 is 6.36 Å². The standard InChI is InChI=1S/C29H32F3N7O3/c1-20(40)37-10-7-28(8-11-37)18-39(19-28)26-17-25(34-24-16-23(6-9-33-24)42-29(30,31)32)35-27(36-26)21-2-4-22(5-3-21)38-12-14-41-15-13-38/h2-6,9,16-17H,7-8,10-15,18-19H2,1H3,(H,33,34,35,36). The molecule has 5 heterocycles. The van der Waals surface area contributed by atoms with Crippen molar-refractivity contribution in [2.45, 2.75) is 26.1 Å². The van der Waals surface area contributed by atoms with Gasteiger partial charge in [0.25, 0.3) is 0 Å². The van der Waals surface area contributed by atoms with Crippen LogP contribution in [0.5, 0.6) is 5.75 Å². The summed E-state index contributed by atoms with van der Waals surface area (Å²) < 4.78 is 47.8. The maximum Gasteiger partial charge on any atom is 0.573 e. The van der Waals surface area contributed by atoms with Gasteiger partial charge >= 0.3 is 6.36 Å². The van der Waals surface area contributed by atoms with Crippen LogP contribution in [0.4, 0.5) is 36.3 Å². The zero-order valence-corrected chi connectivity index (χ0v) is 23.2. The highest BCUT2D eigenvalue weighted by Crippen LogP contribution is 2.43. The summed E-state index contributed by atoms with van der Waals surface area (Å²) in [4.78, 5) is 31.8. The number of carbonyl (C=O) groups is 1. The first kappa shape index (κ1) is 28.0. The average molecular weight is 584 g/mol. The topological polar surface area (TPSA) is 96.0 Å². The molecule has 6 rings (SSSR count). The SMILES string of the molecule is CC(=O)N1CCC2(CC1)CN(c1cc(Nc3cc(OC(F)(F)F)ccn3)nc(-c3ccc(N4CCOCC4)cc3)n1)C2. The van der Waals surface area contributed by atoms with E-state index >= 15 is 0 Å². The van der Waals surface area contributed by atoms with Gasteiger partial charge in [0.05, 0.1) is 13.2 Å². The summed E-state index contributed by atoms with van der Waals surface area (Å²) in [6, 6.07) is 12.1. The van der Waals surface area contributed by atoms with Crippen molar-refractivity contribution >= 4 is 29.0 Å². The molecule has 13 heteroatoms. The van der Waals surface area contributed by atoms with Crippen molar-refractivity contribution in [1.82, 2.24) is 19.9 Å². The molecule has 1 aromatic carbocycles. The number of benzene rings is 1. The summed E-state index contributed by atoms with van der Waals surface area (Å²) in [5.41, 5.74) is 2.03. The van der Waals surface area contributed by atoms with E-state index in [1.807, 2.05) is 29.2 Å². The van der Waals surface area contributed by atoms with Gasteiger partial charge in [0.15, 0.2) is 5.82 Å². The fourth-order valence-electron chi connectivity index (χ4n) is 5.78. The number of nitrogens with zero attached hydrogens (tertiary/aromatic N) is 6. The molecule has 42 heavy (non-hydrogen) atoms. The van der Waals surface area contributed by atoms with E-state index in [2.05, 4.69) is 29.8 Å². The first-order valence-corrected chi connectivity index (χ1v) is 14.0. The molecule has 0 bridgehead atoms. The Morgan fingerprint density at radius 1 is 0.952 bits per heavy atom. The predicted octanol–water partition coefficient (Wildman–Crippen LogP) is 4.47. The van der Waals surface area contributed by atoms with Crippen molar-refractivity contribution in [1.29, 1.82) is 0 Å². The number of carbonyl (C=O) groups excluding carboxylic acids is 1. The molecule has 3 aliphatic heterocycles. The van der Waals surface area contributed by atoms with Crippen LogP contribution in [0.15, 0.2) is 48.7 Å². The van der Waals surface area contributed by atoms with Gasteiger partial charge < -0.3 is 29.5 Å². The van der Waals surface area contributed by atoms with Crippen LogP contribution in [0.25, 0.3) is 11.4 Å². The number of anilines is 4. The largest absolute Gasteiger partial charge is 0.573 e. The van der Waals surface area contributed by atoms with Gasteiger partial charge in [-0.3, -0.25) is 4.79 Å². The molecular weight excluding hydrogens is 551 g/mol. The lowest BCUT2D eigenvalue weighted by Gasteiger charge is -2.54. The molecule has 3 fully saturated rings. The second-order valence-electron chi connectivity index (χ2n) is 11.0. The van der Waals surface area contributed by atoms with Gasteiger partial charge in [-0.05, 0) is 43.2 Å². The molecule has 1 amide bonds. The number of hydrogen-bond acceptors (Lipinski definition) is 9. The van der Waals surface area contributed by atoms with E-state index in [0.29, 0.717) is 30.7 Å². The number of piperidine rings is 1. The smallest absolute Gasteiger partial charge is 0.406 e. The molecule has 0 unspecified atom stereocenters. The third kappa shape index (κ3) is 6.35. The molecule has 0 saturated carbocycles. The number of pyridine rings is 1.